The van der Waals surface area contributed by atoms with Crippen LogP contribution in [0.15, 0.2) is 0 Å². The van der Waals surface area contributed by atoms with Crippen LogP contribution in [0, 0.1) is 11.8 Å². The van der Waals surface area contributed by atoms with Crippen LogP contribution in [0.2, 0.25) is 0 Å². The lowest BCUT2D eigenvalue weighted by atomic mass is 9.95. The number of hydrogen-bond acceptors (Lipinski definition) is 4. The number of nitrogens with zero attached hydrogens (tertiary/aromatic N) is 1. The number of hydrogen-bond donors (Lipinski definition) is 0. The lowest BCUT2D eigenvalue weighted by Crippen LogP contribution is -2.37. The van der Waals surface area contributed by atoms with Gasteiger partial charge in [-0.25, -0.2) is 0 Å². The van der Waals surface area contributed by atoms with Gasteiger partial charge < -0.3 is 9.47 Å². The van der Waals surface area contributed by atoms with E-state index in [1.165, 1.54) is 205 Å². The Kier molecular flexibility index (Phi) is 37.7. The normalized spacial score (nSPS) is 13.9. The molecule has 0 aromatic heterocycles. The van der Waals surface area contributed by atoms with E-state index in [9.17, 15) is 4.79 Å². The van der Waals surface area contributed by atoms with E-state index in [-0.39, 0.29) is 12.1 Å². The van der Waals surface area contributed by atoms with Crippen LogP contribution in [0.3, 0.4) is 0 Å². The van der Waals surface area contributed by atoms with Crippen molar-refractivity contribution in [1.82, 2.24) is 4.90 Å². The fraction of sp³-hybridized carbons (Fsp3) is 0.980. The maximum Gasteiger partial charge on any atom is 0.306 e. The summed E-state index contributed by atoms with van der Waals surface area (Å²) in [7, 11) is 0. The number of esters is 1. The fourth-order valence-corrected chi connectivity index (χ4v) is 8.67. The highest BCUT2D eigenvalue weighted by atomic mass is 16.5. The summed E-state index contributed by atoms with van der Waals surface area (Å²) in [5.41, 5.74) is 0. The number of carbonyl (C=O) groups excluding carboxylic acids is 1. The smallest absolute Gasteiger partial charge is 0.306 e. The molecule has 0 aliphatic carbocycles. The zero-order valence-corrected chi connectivity index (χ0v) is 36.9. The standard InChI is InChI=1S/C49H97NO3/c1-5-46(6-2)36-31-27-23-19-15-11-9-13-17-21-25-29-33-38-48(53-49(51)40-35-41-50-42-44-52-45-43-50)39-34-30-26-22-18-14-10-12-16-20-24-28-32-37-47(7-3)8-4/h46-48H,5-45H2,1-4H3. The lowest BCUT2D eigenvalue weighted by Gasteiger charge is -2.26. The molecule has 0 spiro atoms. The minimum absolute atomic E-state index is 0.0338. The van der Waals surface area contributed by atoms with Crippen molar-refractivity contribution in [1.29, 1.82) is 0 Å². The third kappa shape index (κ3) is 33.3. The molecular formula is C49H97NO3. The summed E-state index contributed by atoms with van der Waals surface area (Å²) >= 11 is 0. The zero-order valence-electron chi connectivity index (χ0n) is 36.9. The fourth-order valence-electron chi connectivity index (χ4n) is 8.67. The Morgan fingerprint density at radius 1 is 0.453 bits per heavy atom. The van der Waals surface area contributed by atoms with Crippen LogP contribution in [0.1, 0.15) is 259 Å². The Labute approximate surface area is 333 Å². The Hall–Kier alpha value is -0.610. The molecule has 0 bridgehead atoms. The third-order valence-corrected chi connectivity index (χ3v) is 12.8. The molecule has 0 radical (unpaired) electrons. The predicted molar refractivity (Wildman–Crippen MR) is 233 cm³/mol. The van der Waals surface area contributed by atoms with Crippen LogP contribution in [0.5, 0.6) is 0 Å². The molecule has 0 atom stereocenters. The summed E-state index contributed by atoms with van der Waals surface area (Å²) < 4.78 is 11.6. The number of unbranched alkanes of at least 4 members (excludes halogenated alkanes) is 24. The first kappa shape index (κ1) is 50.4. The summed E-state index contributed by atoms with van der Waals surface area (Å²) in [5, 5.41) is 0. The molecule has 53 heavy (non-hydrogen) atoms. The van der Waals surface area contributed by atoms with Crippen LogP contribution in [0.4, 0.5) is 0 Å². The van der Waals surface area contributed by atoms with Crippen molar-refractivity contribution >= 4 is 5.97 Å². The van der Waals surface area contributed by atoms with Crippen molar-refractivity contribution in [2.75, 3.05) is 32.8 Å². The minimum atomic E-state index is 0.0338. The van der Waals surface area contributed by atoms with Crippen LogP contribution in [-0.4, -0.2) is 49.8 Å². The van der Waals surface area contributed by atoms with Gasteiger partial charge in [0.05, 0.1) is 13.2 Å². The summed E-state index contributed by atoms with van der Waals surface area (Å²) in [4.78, 5) is 15.2. The second kappa shape index (κ2) is 39.6. The zero-order chi connectivity index (χ0) is 38.3. The molecule has 1 fully saturated rings. The highest BCUT2D eigenvalue weighted by Crippen LogP contribution is 2.21. The Morgan fingerprint density at radius 2 is 0.755 bits per heavy atom. The van der Waals surface area contributed by atoms with E-state index in [0.29, 0.717) is 6.42 Å². The highest BCUT2D eigenvalue weighted by molar-refractivity contribution is 5.69. The first-order chi connectivity index (χ1) is 26.1. The van der Waals surface area contributed by atoms with E-state index in [4.69, 9.17) is 9.47 Å². The molecule has 1 rings (SSSR count). The van der Waals surface area contributed by atoms with E-state index < -0.39 is 0 Å². The Morgan fingerprint density at radius 3 is 1.08 bits per heavy atom. The first-order valence-corrected chi connectivity index (χ1v) is 24.6. The van der Waals surface area contributed by atoms with E-state index in [1.807, 2.05) is 0 Å². The summed E-state index contributed by atoms with van der Waals surface area (Å²) in [5.74, 6) is 1.97. The van der Waals surface area contributed by atoms with E-state index in [0.717, 1.165) is 63.9 Å². The highest BCUT2D eigenvalue weighted by Gasteiger charge is 2.16. The molecule has 4 nitrogen and oxygen atoms in total. The van der Waals surface area contributed by atoms with E-state index in [2.05, 4.69) is 32.6 Å². The van der Waals surface area contributed by atoms with Gasteiger partial charge in [-0.3, -0.25) is 9.69 Å². The Balaban J connectivity index is 2.10. The number of rotatable bonds is 41. The van der Waals surface area contributed by atoms with Crippen molar-refractivity contribution in [3.05, 3.63) is 0 Å². The van der Waals surface area contributed by atoms with Gasteiger partial charge in [-0.1, -0.05) is 220 Å². The molecular weight excluding hydrogens is 651 g/mol. The molecule has 0 aromatic rings. The van der Waals surface area contributed by atoms with Crippen LogP contribution >= 0.6 is 0 Å². The monoisotopic (exact) mass is 748 g/mol. The van der Waals surface area contributed by atoms with Gasteiger partial charge in [0.1, 0.15) is 6.10 Å². The summed E-state index contributed by atoms with van der Waals surface area (Å²) in [6.45, 7) is 14.0. The number of carbonyl (C=O) groups is 1. The quantitative estimate of drug-likeness (QED) is 0.0461. The molecule has 1 heterocycles. The first-order valence-electron chi connectivity index (χ1n) is 24.6. The molecule has 0 amide bonds. The molecule has 4 heteroatoms. The molecule has 0 unspecified atom stereocenters. The van der Waals surface area contributed by atoms with E-state index >= 15 is 0 Å². The van der Waals surface area contributed by atoms with Gasteiger partial charge in [-0.05, 0) is 50.5 Å². The molecule has 1 aliphatic heterocycles. The van der Waals surface area contributed by atoms with Crippen molar-refractivity contribution in [2.24, 2.45) is 11.8 Å². The van der Waals surface area contributed by atoms with Crippen molar-refractivity contribution in [3.63, 3.8) is 0 Å². The topological polar surface area (TPSA) is 38.8 Å². The third-order valence-electron chi connectivity index (χ3n) is 12.8. The lowest BCUT2D eigenvalue weighted by molar-refractivity contribution is -0.150. The molecule has 0 N–H and O–H groups in total. The average Bonchev–Trinajstić information content (AvgIpc) is 3.18. The van der Waals surface area contributed by atoms with Gasteiger partial charge in [0.2, 0.25) is 0 Å². The van der Waals surface area contributed by atoms with Crippen molar-refractivity contribution < 1.29 is 14.3 Å². The van der Waals surface area contributed by atoms with Crippen LogP contribution in [-0.2, 0) is 14.3 Å². The molecule has 1 aliphatic rings. The van der Waals surface area contributed by atoms with Gasteiger partial charge in [0.25, 0.3) is 0 Å². The summed E-state index contributed by atoms with van der Waals surface area (Å²) in [6.07, 6.45) is 48.3. The minimum Gasteiger partial charge on any atom is -0.462 e. The molecule has 1 saturated heterocycles. The van der Waals surface area contributed by atoms with Crippen molar-refractivity contribution in [2.45, 2.75) is 265 Å². The second-order valence-corrected chi connectivity index (χ2v) is 17.4. The predicted octanol–water partition coefficient (Wildman–Crippen LogP) is 15.6. The number of ether oxygens (including phenoxy) is 2. The number of morpholine rings is 1. The maximum atomic E-state index is 12.8. The Bertz CT molecular complexity index is 687. The largest absolute Gasteiger partial charge is 0.462 e. The maximum absolute atomic E-state index is 12.8. The molecule has 316 valence electrons. The average molecular weight is 748 g/mol. The second-order valence-electron chi connectivity index (χ2n) is 17.4. The molecule has 0 aromatic carbocycles. The summed E-state index contributed by atoms with van der Waals surface area (Å²) in [6, 6.07) is 0. The van der Waals surface area contributed by atoms with Crippen LogP contribution in [0.25, 0.3) is 0 Å². The van der Waals surface area contributed by atoms with Crippen molar-refractivity contribution in [3.8, 4) is 0 Å². The van der Waals surface area contributed by atoms with Gasteiger partial charge in [0.15, 0.2) is 0 Å². The van der Waals surface area contributed by atoms with Crippen LogP contribution < -0.4 is 0 Å². The van der Waals surface area contributed by atoms with Gasteiger partial charge in [0, 0.05) is 19.5 Å². The van der Waals surface area contributed by atoms with E-state index in [1.54, 1.807) is 0 Å². The van der Waals surface area contributed by atoms with Gasteiger partial charge >= 0.3 is 5.97 Å². The van der Waals surface area contributed by atoms with Gasteiger partial charge in [-0.15, -0.1) is 0 Å². The SMILES string of the molecule is CCC(CC)CCCCCCCCCCCCCCCC(CCCCCCCCCCCCCCCC(CC)CC)OC(=O)CCCN1CCOCC1. The molecule has 0 saturated carbocycles. The van der Waals surface area contributed by atoms with Gasteiger partial charge in [-0.2, -0.15) is 0 Å².